The molecular formula is C16H24N2OS. The Balaban J connectivity index is 1.70. The fourth-order valence-electron chi connectivity index (χ4n) is 3.43. The van der Waals surface area contributed by atoms with Crippen LogP contribution in [0.4, 0.5) is 0 Å². The molecule has 0 spiro atoms. The van der Waals surface area contributed by atoms with Crippen molar-refractivity contribution in [3.05, 3.63) is 21.4 Å². The van der Waals surface area contributed by atoms with Crippen molar-refractivity contribution in [2.24, 2.45) is 5.92 Å². The molecule has 0 radical (unpaired) electrons. The Hall–Kier alpha value is -0.870. The number of amides is 1. The Bertz CT molecular complexity index is 463. The zero-order valence-electron chi connectivity index (χ0n) is 12.4. The van der Waals surface area contributed by atoms with Crippen LogP contribution in [0, 0.1) is 5.92 Å². The van der Waals surface area contributed by atoms with Crippen LogP contribution >= 0.6 is 11.3 Å². The summed E-state index contributed by atoms with van der Waals surface area (Å²) in [6, 6.07) is 2.73. The van der Waals surface area contributed by atoms with Crippen LogP contribution in [0.25, 0.3) is 0 Å². The summed E-state index contributed by atoms with van der Waals surface area (Å²) in [5, 5.41) is 6.71. The largest absolute Gasteiger partial charge is 0.347 e. The molecule has 3 atom stereocenters. The Labute approximate surface area is 125 Å². The first-order valence-electron chi connectivity index (χ1n) is 7.81. The molecule has 1 amide bonds. The van der Waals surface area contributed by atoms with Gasteiger partial charge < -0.3 is 10.6 Å². The first-order valence-corrected chi connectivity index (χ1v) is 8.62. The summed E-state index contributed by atoms with van der Waals surface area (Å²) in [7, 11) is 0. The topological polar surface area (TPSA) is 41.1 Å². The molecule has 0 saturated carbocycles. The lowest BCUT2D eigenvalue weighted by Gasteiger charge is -2.35. The van der Waals surface area contributed by atoms with E-state index in [4.69, 9.17) is 0 Å². The molecule has 0 bridgehead atoms. The van der Waals surface area contributed by atoms with Gasteiger partial charge in [0.05, 0.1) is 4.88 Å². The number of hydrogen-bond acceptors (Lipinski definition) is 3. The lowest BCUT2D eigenvalue weighted by molar-refractivity contribution is 0.0901. The molecule has 3 rings (SSSR count). The number of piperidine rings is 1. The molecule has 1 aliphatic carbocycles. The molecule has 2 aliphatic rings. The van der Waals surface area contributed by atoms with Gasteiger partial charge in [-0.25, -0.2) is 0 Å². The summed E-state index contributed by atoms with van der Waals surface area (Å²) in [6.45, 7) is 5.46. The normalized spacial score (nSPS) is 29.8. The van der Waals surface area contributed by atoms with Gasteiger partial charge in [0.25, 0.3) is 5.91 Å². The standard InChI is InChI=1S/C16H24N2OS/c1-10-7-8-17-11(2)15(10)18-16(19)14-9-12-5-3-4-6-13(12)20-14/h9-11,15,17H,3-8H2,1-2H3,(H,18,19). The van der Waals surface area contributed by atoms with Crippen LogP contribution in [0.3, 0.4) is 0 Å². The van der Waals surface area contributed by atoms with E-state index in [1.807, 2.05) is 0 Å². The molecule has 110 valence electrons. The quantitative estimate of drug-likeness (QED) is 0.880. The fourth-order valence-corrected chi connectivity index (χ4v) is 4.59. The van der Waals surface area contributed by atoms with Crippen molar-refractivity contribution in [3.63, 3.8) is 0 Å². The second-order valence-electron chi connectivity index (χ2n) is 6.27. The molecule has 0 aromatic carbocycles. The molecule has 1 saturated heterocycles. The van der Waals surface area contributed by atoms with E-state index in [1.165, 1.54) is 23.3 Å². The highest BCUT2D eigenvalue weighted by Gasteiger charge is 2.29. The first-order chi connectivity index (χ1) is 9.65. The number of thiophene rings is 1. The van der Waals surface area contributed by atoms with Gasteiger partial charge in [-0.1, -0.05) is 6.92 Å². The van der Waals surface area contributed by atoms with Gasteiger partial charge in [0.1, 0.15) is 0 Å². The minimum atomic E-state index is 0.122. The number of nitrogens with one attached hydrogen (secondary N) is 2. The van der Waals surface area contributed by atoms with Crippen molar-refractivity contribution >= 4 is 17.2 Å². The lowest BCUT2D eigenvalue weighted by Crippen LogP contribution is -2.55. The van der Waals surface area contributed by atoms with Gasteiger partial charge in [-0.2, -0.15) is 0 Å². The summed E-state index contributed by atoms with van der Waals surface area (Å²) in [6.07, 6.45) is 5.98. The molecule has 2 N–H and O–H groups in total. The van der Waals surface area contributed by atoms with Gasteiger partial charge >= 0.3 is 0 Å². The van der Waals surface area contributed by atoms with Crippen molar-refractivity contribution in [1.29, 1.82) is 0 Å². The molecule has 1 aromatic heterocycles. The van der Waals surface area contributed by atoms with Crippen LogP contribution in [0.15, 0.2) is 6.07 Å². The zero-order chi connectivity index (χ0) is 14.1. The van der Waals surface area contributed by atoms with Crippen LogP contribution in [-0.4, -0.2) is 24.5 Å². The van der Waals surface area contributed by atoms with Crippen molar-refractivity contribution in [2.75, 3.05) is 6.54 Å². The first kappa shape index (κ1) is 14.1. The summed E-state index contributed by atoms with van der Waals surface area (Å²) in [4.78, 5) is 14.8. The summed E-state index contributed by atoms with van der Waals surface area (Å²) in [5.74, 6) is 0.668. The van der Waals surface area contributed by atoms with Crippen LogP contribution < -0.4 is 10.6 Å². The van der Waals surface area contributed by atoms with Gasteiger partial charge in [0, 0.05) is 17.0 Å². The van der Waals surface area contributed by atoms with Crippen molar-refractivity contribution in [1.82, 2.24) is 10.6 Å². The highest BCUT2D eigenvalue weighted by molar-refractivity contribution is 7.14. The van der Waals surface area contributed by atoms with E-state index in [0.717, 1.165) is 30.7 Å². The molecule has 4 heteroatoms. The minimum absolute atomic E-state index is 0.122. The highest BCUT2D eigenvalue weighted by atomic mass is 32.1. The fraction of sp³-hybridized carbons (Fsp3) is 0.688. The van der Waals surface area contributed by atoms with E-state index >= 15 is 0 Å². The Kier molecular flexibility index (Phi) is 4.13. The Morgan fingerprint density at radius 1 is 1.35 bits per heavy atom. The molecule has 1 aliphatic heterocycles. The van der Waals surface area contributed by atoms with Crippen LogP contribution in [0.1, 0.15) is 53.2 Å². The Morgan fingerprint density at radius 2 is 2.15 bits per heavy atom. The second kappa shape index (κ2) is 5.86. The lowest BCUT2D eigenvalue weighted by atomic mass is 9.89. The predicted molar refractivity (Wildman–Crippen MR) is 83.5 cm³/mol. The van der Waals surface area contributed by atoms with Crippen LogP contribution in [0.2, 0.25) is 0 Å². The van der Waals surface area contributed by atoms with Crippen LogP contribution in [0.5, 0.6) is 0 Å². The number of aryl methyl sites for hydroxylation is 2. The van der Waals surface area contributed by atoms with Gasteiger partial charge in [-0.05, 0) is 63.1 Å². The third-order valence-electron chi connectivity index (χ3n) is 4.74. The molecule has 20 heavy (non-hydrogen) atoms. The van der Waals surface area contributed by atoms with E-state index in [-0.39, 0.29) is 11.9 Å². The average molecular weight is 292 g/mol. The van der Waals surface area contributed by atoms with E-state index < -0.39 is 0 Å². The predicted octanol–water partition coefficient (Wildman–Crippen LogP) is 2.74. The number of carbonyl (C=O) groups is 1. The average Bonchev–Trinajstić information content (AvgIpc) is 2.87. The molecule has 3 nitrogen and oxygen atoms in total. The maximum absolute atomic E-state index is 12.5. The van der Waals surface area contributed by atoms with Gasteiger partial charge in [0.2, 0.25) is 0 Å². The van der Waals surface area contributed by atoms with E-state index in [0.29, 0.717) is 12.0 Å². The van der Waals surface area contributed by atoms with Gasteiger partial charge in [0.15, 0.2) is 0 Å². The highest BCUT2D eigenvalue weighted by Crippen LogP contribution is 2.30. The van der Waals surface area contributed by atoms with Crippen molar-refractivity contribution < 1.29 is 4.79 Å². The molecule has 1 fully saturated rings. The summed E-state index contributed by atoms with van der Waals surface area (Å²) in [5.41, 5.74) is 1.41. The zero-order valence-corrected chi connectivity index (χ0v) is 13.2. The van der Waals surface area contributed by atoms with Crippen molar-refractivity contribution in [3.8, 4) is 0 Å². The molecule has 2 heterocycles. The molecular weight excluding hydrogens is 268 g/mol. The third-order valence-corrected chi connectivity index (χ3v) is 5.97. The SMILES string of the molecule is CC1CCNC(C)C1NC(=O)c1cc2c(s1)CCCC2. The van der Waals surface area contributed by atoms with Gasteiger partial charge in [-0.3, -0.25) is 4.79 Å². The van der Waals surface area contributed by atoms with E-state index in [1.54, 1.807) is 11.3 Å². The number of rotatable bonds is 2. The van der Waals surface area contributed by atoms with E-state index in [2.05, 4.69) is 30.5 Å². The number of hydrogen-bond donors (Lipinski definition) is 2. The number of fused-ring (bicyclic) bond motifs is 1. The molecule has 3 unspecified atom stereocenters. The third kappa shape index (κ3) is 2.77. The molecule has 1 aromatic rings. The summed E-state index contributed by atoms with van der Waals surface area (Å²) >= 11 is 1.70. The van der Waals surface area contributed by atoms with Gasteiger partial charge in [-0.15, -0.1) is 11.3 Å². The minimum Gasteiger partial charge on any atom is -0.347 e. The summed E-state index contributed by atoms with van der Waals surface area (Å²) < 4.78 is 0. The Morgan fingerprint density at radius 3 is 2.90 bits per heavy atom. The maximum Gasteiger partial charge on any atom is 0.261 e. The monoisotopic (exact) mass is 292 g/mol. The smallest absolute Gasteiger partial charge is 0.261 e. The maximum atomic E-state index is 12.5. The van der Waals surface area contributed by atoms with Crippen molar-refractivity contribution in [2.45, 2.75) is 58.0 Å². The van der Waals surface area contributed by atoms with E-state index in [9.17, 15) is 4.79 Å². The number of carbonyl (C=O) groups excluding carboxylic acids is 1. The van der Waals surface area contributed by atoms with Crippen LogP contribution in [-0.2, 0) is 12.8 Å². The second-order valence-corrected chi connectivity index (χ2v) is 7.41.